The number of unbranched alkanes of at least 4 members (excludes halogenated alkanes) is 5. The van der Waals surface area contributed by atoms with Crippen molar-refractivity contribution in [3.63, 3.8) is 0 Å². The number of carbonyl (C=O) groups excluding carboxylic acids is 1. The Labute approximate surface area is 112 Å². The Hall–Kier alpha value is -0.380. The summed E-state index contributed by atoms with van der Waals surface area (Å²) in [7, 11) is -3.27. The third kappa shape index (κ3) is 5.98. The molecule has 0 saturated heterocycles. The monoisotopic (exact) mass is 276 g/mol. The zero-order valence-corrected chi connectivity index (χ0v) is 12.8. The maximum absolute atomic E-state index is 12.0. The van der Waals surface area contributed by atoms with Crippen molar-refractivity contribution in [2.45, 2.75) is 82.6 Å². The molecule has 0 aromatic rings. The quantitative estimate of drug-likeness (QED) is 0.428. The molecule has 0 heterocycles. The van der Waals surface area contributed by atoms with E-state index in [9.17, 15) is 13.2 Å². The molecule has 108 valence electrons. The number of carbonyl (C=O) groups is 1. The second kappa shape index (κ2) is 9.54. The van der Waals surface area contributed by atoms with Crippen LogP contribution in [0.3, 0.4) is 0 Å². The van der Waals surface area contributed by atoms with Gasteiger partial charge in [0.1, 0.15) is 11.5 Å². The van der Waals surface area contributed by atoms with Crippen molar-refractivity contribution in [2.75, 3.05) is 0 Å². The lowest BCUT2D eigenvalue weighted by Crippen LogP contribution is -2.30. The van der Waals surface area contributed by atoms with E-state index in [4.69, 9.17) is 0 Å². The van der Waals surface area contributed by atoms with E-state index in [0.717, 1.165) is 12.8 Å². The average Bonchev–Trinajstić information content (AvgIpc) is 2.36. The Morgan fingerprint density at radius 3 is 2.06 bits per heavy atom. The smallest absolute Gasteiger partial charge is 0.162 e. The Morgan fingerprint density at radius 1 is 1.00 bits per heavy atom. The molecule has 0 aromatic carbocycles. The van der Waals surface area contributed by atoms with Crippen molar-refractivity contribution >= 4 is 16.1 Å². The van der Waals surface area contributed by atoms with Gasteiger partial charge in [-0.05, 0) is 19.8 Å². The second-order valence-electron chi connectivity index (χ2n) is 5.02. The van der Waals surface area contributed by atoms with Gasteiger partial charge in [-0.1, -0.05) is 52.4 Å². The van der Waals surface area contributed by atoms with Gasteiger partial charge in [0.25, 0.3) is 0 Å². The average molecular weight is 276 g/mol. The number of sulfone groups is 1. The molecule has 0 aromatic heterocycles. The normalized spacial score (nSPS) is 15.3. The summed E-state index contributed by atoms with van der Waals surface area (Å²) in [5, 5.41) is -1.20. The molecule has 0 aliphatic carbocycles. The maximum Gasteiger partial charge on any atom is 0.162 e. The highest BCUT2D eigenvalue weighted by Crippen LogP contribution is 2.19. The molecular weight excluding hydrogens is 248 g/mol. The van der Waals surface area contributed by atoms with Gasteiger partial charge < -0.3 is 4.79 Å². The highest BCUT2D eigenvalue weighted by Gasteiger charge is 2.28. The molecule has 0 N–H and O–H groups in total. The van der Waals surface area contributed by atoms with Gasteiger partial charge in [0.15, 0.2) is 9.84 Å². The van der Waals surface area contributed by atoms with Crippen molar-refractivity contribution in [1.82, 2.24) is 0 Å². The van der Waals surface area contributed by atoms with E-state index < -0.39 is 15.1 Å². The first-order valence-corrected chi connectivity index (χ1v) is 8.79. The van der Waals surface area contributed by atoms with E-state index in [1.54, 1.807) is 0 Å². The third-order valence-corrected chi connectivity index (χ3v) is 6.16. The van der Waals surface area contributed by atoms with Gasteiger partial charge >= 0.3 is 0 Å². The standard InChI is InChI=1S/C14H28O3S/c1-4-6-7-8-9-10-11-14(5-2)18(16,17)13(3)12-15/h12-14H,4-11H2,1-3H3. The molecule has 2 unspecified atom stereocenters. The molecule has 0 bridgehead atoms. The molecule has 0 spiro atoms. The minimum absolute atomic E-state index is 0.344. The van der Waals surface area contributed by atoms with E-state index in [2.05, 4.69) is 6.92 Å². The highest BCUT2D eigenvalue weighted by molar-refractivity contribution is 7.93. The summed E-state index contributed by atoms with van der Waals surface area (Å²) < 4.78 is 24.1. The molecular formula is C14H28O3S. The first-order chi connectivity index (χ1) is 8.50. The van der Waals surface area contributed by atoms with E-state index in [0.29, 0.717) is 19.1 Å². The minimum Gasteiger partial charge on any atom is -0.302 e. The minimum atomic E-state index is -3.27. The number of hydrogen-bond donors (Lipinski definition) is 0. The van der Waals surface area contributed by atoms with Gasteiger partial charge in [-0.15, -0.1) is 0 Å². The van der Waals surface area contributed by atoms with Crippen LogP contribution in [0.1, 0.15) is 72.1 Å². The molecule has 18 heavy (non-hydrogen) atoms. The first kappa shape index (κ1) is 17.6. The predicted molar refractivity (Wildman–Crippen MR) is 76.5 cm³/mol. The summed E-state index contributed by atoms with van der Waals surface area (Å²) >= 11 is 0. The molecule has 0 fully saturated rings. The molecule has 3 nitrogen and oxygen atoms in total. The maximum atomic E-state index is 12.0. The van der Waals surface area contributed by atoms with Gasteiger partial charge in [-0.3, -0.25) is 0 Å². The summed E-state index contributed by atoms with van der Waals surface area (Å²) in [4.78, 5) is 10.6. The van der Waals surface area contributed by atoms with Crippen LogP contribution in [0.2, 0.25) is 0 Å². The summed E-state index contributed by atoms with van der Waals surface area (Å²) in [6.07, 6.45) is 8.81. The molecule has 0 amide bonds. The number of hydrogen-bond acceptors (Lipinski definition) is 3. The Kier molecular flexibility index (Phi) is 9.34. The third-order valence-electron chi connectivity index (χ3n) is 3.51. The molecule has 0 rings (SSSR count). The fraction of sp³-hybridized carbons (Fsp3) is 0.929. The van der Waals surface area contributed by atoms with Crippen molar-refractivity contribution in [2.24, 2.45) is 0 Å². The zero-order chi connectivity index (χ0) is 14.0. The van der Waals surface area contributed by atoms with Gasteiger partial charge in [0, 0.05) is 0 Å². The summed E-state index contributed by atoms with van der Waals surface area (Å²) in [5.74, 6) is 0. The van der Waals surface area contributed by atoms with Crippen molar-refractivity contribution in [3.8, 4) is 0 Å². The molecule has 2 atom stereocenters. The van der Waals surface area contributed by atoms with Gasteiger partial charge in [-0.25, -0.2) is 8.42 Å². The fourth-order valence-corrected chi connectivity index (χ4v) is 3.86. The Bertz CT molecular complexity index is 309. The van der Waals surface area contributed by atoms with E-state index >= 15 is 0 Å². The summed E-state index contributed by atoms with van der Waals surface area (Å²) in [6, 6.07) is 0. The Balaban J connectivity index is 4.08. The highest BCUT2D eigenvalue weighted by atomic mass is 32.2. The van der Waals surface area contributed by atoms with Gasteiger partial charge in [-0.2, -0.15) is 0 Å². The van der Waals surface area contributed by atoms with E-state index in [1.165, 1.54) is 32.6 Å². The van der Waals surface area contributed by atoms with Crippen molar-refractivity contribution in [3.05, 3.63) is 0 Å². The number of rotatable bonds is 11. The molecule has 4 heteroatoms. The van der Waals surface area contributed by atoms with Crippen LogP contribution in [0.5, 0.6) is 0 Å². The van der Waals surface area contributed by atoms with Crippen molar-refractivity contribution in [1.29, 1.82) is 0 Å². The lowest BCUT2D eigenvalue weighted by atomic mass is 10.1. The SMILES string of the molecule is CCCCCCCCC(CC)S(=O)(=O)C(C)C=O. The predicted octanol–water partition coefficient (Wildman–Crippen LogP) is 3.52. The molecule has 0 saturated carbocycles. The van der Waals surface area contributed by atoms with Crippen LogP contribution in [-0.2, 0) is 14.6 Å². The topological polar surface area (TPSA) is 51.2 Å². The van der Waals surface area contributed by atoms with Crippen LogP contribution in [0.4, 0.5) is 0 Å². The number of aldehydes is 1. The zero-order valence-electron chi connectivity index (χ0n) is 12.0. The Morgan fingerprint density at radius 2 is 1.56 bits per heavy atom. The first-order valence-electron chi connectivity index (χ1n) is 7.18. The largest absolute Gasteiger partial charge is 0.302 e. The van der Waals surface area contributed by atoms with Crippen LogP contribution in [0, 0.1) is 0 Å². The van der Waals surface area contributed by atoms with E-state index in [-0.39, 0.29) is 5.25 Å². The molecule has 0 radical (unpaired) electrons. The van der Waals surface area contributed by atoms with Gasteiger partial charge in [0.05, 0.1) is 5.25 Å². The summed E-state index contributed by atoms with van der Waals surface area (Å²) in [5.41, 5.74) is 0. The lowest BCUT2D eigenvalue weighted by molar-refractivity contribution is -0.107. The van der Waals surface area contributed by atoms with Crippen LogP contribution >= 0.6 is 0 Å². The van der Waals surface area contributed by atoms with Crippen LogP contribution in [-0.4, -0.2) is 25.2 Å². The lowest BCUT2D eigenvalue weighted by Gasteiger charge is -2.17. The summed E-state index contributed by atoms with van der Waals surface area (Å²) in [6.45, 7) is 5.55. The molecule has 0 aliphatic heterocycles. The van der Waals surface area contributed by atoms with Crippen LogP contribution in [0.25, 0.3) is 0 Å². The van der Waals surface area contributed by atoms with E-state index in [1.807, 2.05) is 6.92 Å². The van der Waals surface area contributed by atoms with Gasteiger partial charge in [0.2, 0.25) is 0 Å². The van der Waals surface area contributed by atoms with Crippen LogP contribution in [0.15, 0.2) is 0 Å². The van der Waals surface area contributed by atoms with Crippen LogP contribution < -0.4 is 0 Å². The second-order valence-corrected chi connectivity index (χ2v) is 7.61. The van der Waals surface area contributed by atoms with Crippen molar-refractivity contribution < 1.29 is 13.2 Å². The molecule has 0 aliphatic rings. The fourth-order valence-electron chi connectivity index (χ4n) is 2.13.